The van der Waals surface area contributed by atoms with Gasteiger partial charge in [-0.25, -0.2) is 0 Å². The molecular formula is C12H21N3O. The van der Waals surface area contributed by atoms with E-state index in [9.17, 15) is 0 Å². The number of aromatic nitrogens is 2. The number of hydrogen-bond acceptors (Lipinski definition) is 3. The highest BCUT2D eigenvalue weighted by Gasteiger charge is 2.30. The minimum absolute atomic E-state index is 0.379. The van der Waals surface area contributed by atoms with Crippen LogP contribution in [0.1, 0.15) is 33.1 Å². The Balaban J connectivity index is 1.69. The normalized spacial score (nSPS) is 24.1. The van der Waals surface area contributed by atoms with Gasteiger partial charge in [-0.2, -0.15) is 5.10 Å². The van der Waals surface area contributed by atoms with Crippen LogP contribution < -0.4 is 10.1 Å². The molecule has 0 radical (unpaired) electrons. The third-order valence-corrected chi connectivity index (χ3v) is 3.01. The second-order valence-electron chi connectivity index (χ2n) is 4.39. The molecule has 0 spiro atoms. The molecule has 1 aromatic heterocycles. The molecule has 1 aliphatic rings. The minimum Gasteiger partial charge on any atom is -0.487 e. The van der Waals surface area contributed by atoms with Gasteiger partial charge in [-0.3, -0.25) is 4.68 Å². The first-order valence-corrected chi connectivity index (χ1v) is 6.24. The van der Waals surface area contributed by atoms with Gasteiger partial charge in [0.2, 0.25) is 0 Å². The van der Waals surface area contributed by atoms with E-state index in [4.69, 9.17) is 4.74 Å². The first-order chi connectivity index (χ1) is 7.81. The molecule has 1 aromatic rings. The van der Waals surface area contributed by atoms with Gasteiger partial charge in [0.25, 0.3) is 0 Å². The third-order valence-electron chi connectivity index (χ3n) is 3.01. The van der Waals surface area contributed by atoms with Crippen LogP contribution in [-0.4, -0.2) is 28.5 Å². The molecule has 0 bridgehead atoms. The summed E-state index contributed by atoms with van der Waals surface area (Å²) in [7, 11) is 0. The predicted octanol–water partition coefficient (Wildman–Crippen LogP) is 1.81. The zero-order valence-electron chi connectivity index (χ0n) is 10.1. The zero-order valence-corrected chi connectivity index (χ0v) is 10.1. The van der Waals surface area contributed by atoms with Crippen molar-refractivity contribution in [2.24, 2.45) is 0 Å². The van der Waals surface area contributed by atoms with Crippen LogP contribution in [0.2, 0.25) is 0 Å². The average molecular weight is 223 g/mol. The zero-order chi connectivity index (χ0) is 11.4. The number of nitrogens with zero attached hydrogens (tertiary/aromatic N) is 2. The van der Waals surface area contributed by atoms with E-state index < -0.39 is 0 Å². The lowest BCUT2D eigenvalue weighted by Gasteiger charge is -2.35. The van der Waals surface area contributed by atoms with Crippen LogP contribution in [0.15, 0.2) is 12.4 Å². The predicted molar refractivity (Wildman–Crippen MR) is 63.6 cm³/mol. The van der Waals surface area contributed by atoms with Crippen LogP contribution in [0.25, 0.3) is 0 Å². The summed E-state index contributed by atoms with van der Waals surface area (Å²) < 4.78 is 7.71. The number of rotatable bonds is 6. The standard InChI is InChI=1S/C12H21N3O/c1-3-5-13-10-6-11(7-10)16-12-8-14-15(4-2)9-12/h8-11,13H,3-7H2,1-2H3. The van der Waals surface area contributed by atoms with E-state index in [2.05, 4.69) is 24.3 Å². The van der Waals surface area contributed by atoms with Crippen molar-refractivity contribution in [1.82, 2.24) is 15.1 Å². The SMILES string of the molecule is CCCNC1CC(Oc2cnn(CC)c2)C1. The van der Waals surface area contributed by atoms with E-state index in [1.165, 1.54) is 6.42 Å². The number of nitrogens with one attached hydrogen (secondary N) is 1. The average Bonchev–Trinajstić information content (AvgIpc) is 2.69. The van der Waals surface area contributed by atoms with E-state index in [1.807, 2.05) is 10.9 Å². The second-order valence-corrected chi connectivity index (χ2v) is 4.39. The Hall–Kier alpha value is -1.03. The Morgan fingerprint density at radius 1 is 1.50 bits per heavy atom. The maximum Gasteiger partial charge on any atom is 0.157 e. The van der Waals surface area contributed by atoms with E-state index in [-0.39, 0.29) is 0 Å². The Morgan fingerprint density at radius 3 is 2.94 bits per heavy atom. The number of aryl methyl sites for hydroxylation is 1. The van der Waals surface area contributed by atoms with E-state index in [0.29, 0.717) is 12.1 Å². The lowest BCUT2D eigenvalue weighted by molar-refractivity contribution is 0.0851. The highest BCUT2D eigenvalue weighted by Crippen LogP contribution is 2.25. The molecule has 1 saturated carbocycles. The molecule has 90 valence electrons. The molecule has 1 N–H and O–H groups in total. The summed E-state index contributed by atoms with van der Waals surface area (Å²) in [5.74, 6) is 0.904. The minimum atomic E-state index is 0.379. The first-order valence-electron chi connectivity index (χ1n) is 6.24. The lowest BCUT2D eigenvalue weighted by atomic mass is 9.89. The fourth-order valence-electron chi connectivity index (χ4n) is 1.95. The second kappa shape index (κ2) is 5.34. The molecule has 0 amide bonds. The van der Waals surface area contributed by atoms with Gasteiger partial charge < -0.3 is 10.1 Å². The third kappa shape index (κ3) is 2.76. The van der Waals surface area contributed by atoms with Crippen LogP contribution in [0.3, 0.4) is 0 Å². The van der Waals surface area contributed by atoms with Crippen LogP contribution in [0.4, 0.5) is 0 Å². The lowest BCUT2D eigenvalue weighted by Crippen LogP contribution is -2.46. The van der Waals surface area contributed by atoms with Gasteiger partial charge in [0.05, 0.1) is 12.4 Å². The molecule has 1 heterocycles. The van der Waals surface area contributed by atoms with Crippen LogP contribution in [-0.2, 0) is 6.54 Å². The maximum absolute atomic E-state index is 5.82. The van der Waals surface area contributed by atoms with Crippen LogP contribution in [0, 0.1) is 0 Å². The summed E-state index contributed by atoms with van der Waals surface area (Å²) in [6.07, 6.45) is 7.59. The summed E-state index contributed by atoms with van der Waals surface area (Å²) in [6, 6.07) is 0.658. The summed E-state index contributed by atoms with van der Waals surface area (Å²) in [5, 5.41) is 7.69. The Morgan fingerprint density at radius 2 is 2.31 bits per heavy atom. The van der Waals surface area contributed by atoms with Gasteiger partial charge >= 0.3 is 0 Å². The molecule has 4 nitrogen and oxygen atoms in total. The Labute approximate surface area is 97.0 Å². The van der Waals surface area contributed by atoms with Crippen molar-refractivity contribution in [3.8, 4) is 5.75 Å². The summed E-state index contributed by atoms with van der Waals surface area (Å²) in [6.45, 7) is 6.28. The van der Waals surface area contributed by atoms with E-state index in [1.54, 1.807) is 6.20 Å². The summed E-state index contributed by atoms with van der Waals surface area (Å²) >= 11 is 0. The monoisotopic (exact) mass is 223 g/mol. The Kier molecular flexibility index (Phi) is 3.83. The molecule has 1 aliphatic carbocycles. The van der Waals surface area contributed by atoms with Crippen molar-refractivity contribution in [2.45, 2.75) is 51.8 Å². The molecule has 0 atom stereocenters. The summed E-state index contributed by atoms with van der Waals surface area (Å²) in [4.78, 5) is 0. The largest absolute Gasteiger partial charge is 0.487 e. The van der Waals surface area contributed by atoms with E-state index >= 15 is 0 Å². The summed E-state index contributed by atoms with van der Waals surface area (Å²) in [5.41, 5.74) is 0. The van der Waals surface area contributed by atoms with Crippen molar-refractivity contribution >= 4 is 0 Å². The van der Waals surface area contributed by atoms with Crippen molar-refractivity contribution in [2.75, 3.05) is 6.54 Å². The topological polar surface area (TPSA) is 39.1 Å². The fourth-order valence-corrected chi connectivity index (χ4v) is 1.95. The maximum atomic E-state index is 5.82. The van der Waals surface area contributed by atoms with Crippen molar-refractivity contribution < 1.29 is 4.74 Å². The first kappa shape index (κ1) is 11.5. The van der Waals surface area contributed by atoms with Crippen molar-refractivity contribution in [3.63, 3.8) is 0 Å². The molecule has 4 heteroatoms. The molecule has 0 saturated heterocycles. The number of hydrogen-bond donors (Lipinski definition) is 1. The molecular weight excluding hydrogens is 202 g/mol. The molecule has 2 rings (SSSR count). The van der Waals surface area contributed by atoms with E-state index in [0.717, 1.165) is 31.7 Å². The smallest absolute Gasteiger partial charge is 0.157 e. The van der Waals surface area contributed by atoms with Crippen molar-refractivity contribution in [1.29, 1.82) is 0 Å². The molecule has 0 unspecified atom stereocenters. The molecule has 1 fully saturated rings. The van der Waals surface area contributed by atoms with Gasteiger partial charge in [-0.1, -0.05) is 6.92 Å². The molecule has 0 aromatic carbocycles. The molecule has 0 aliphatic heterocycles. The molecule has 16 heavy (non-hydrogen) atoms. The van der Waals surface area contributed by atoms with Gasteiger partial charge in [0, 0.05) is 12.6 Å². The number of ether oxygens (including phenoxy) is 1. The van der Waals surface area contributed by atoms with Crippen molar-refractivity contribution in [3.05, 3.63) is 12.4 Å². The van der Waals surface area contributed by atoms with Gasteiger partial charge in [0.15, 0.2) is 5.75 Å². The van der Waals surface area contributed by atoms with Crippen LogP contribution >= 0.6 is 0 Å². The Bertz CT molecular complexity index is 318. The quantitative estimate of drug-likeness (QED) is 0.799. The van der Waals surface area contributed by atoms with Gasteiger partial charge in [-0.15, -0.1) is 0 Å². The van der Waals surface area contributed by atoms with Crippen LogP contribution in [0.5, 0.6) is 5.75 Å². The highest BCUT2D eigenvalue weighted by atomic mass is 16.5. The highest BCUT2D eigenvalue weighted by molar-refractivity contribution is 5.13. The van der Waals surface area contributed by atoms with Gasteiger partial charge in [0.1, 0.15) is 6.10 Å². The van der Waals surface area contributed by atoms with Gasteiger partial charge in [-0.05, 0) is 32.7 Å². The fraction of sp³-hybridized carbons (Fsp3) is 0.750.